The lowest BCUT2D eigenvalue weighted by Gasteiger charge is -2.26. The van der Waals surface area contributed by atoms with Gasteiger partial charge >= 0.3 is 0 Å². The number of nitrogens with zero attached hydrogens (tertiary/aromatic N) is 1. The second-order valence-electron chi connectivity index (χ2n) is 5.87. The van der Waals surface area contributed by atoms with Crippen molar-refractivity contribution in [3.05, 3.63) is 120 Å². The minimum absolute atomic E-state index is 0.183. The SMILES string of the molecule is C=C[C@@H](ON(Cc1ccccc1)C(=O)c1ccccc1)c1ccccc1. The van der Waals surface area contributed by atoms with Crippen molar-refractivity contribution in [3.63, 3.8) is 0 Å². The smallest absolute Gasteiger partial charge is 0.267 e. The minimum atomic E-state index is -0.410. The van der Waals surface area contributed by atoms with Crippen LogP contribution in [0.25, 0.3) is 0 Å². The number of amides is 1. The molecular weight excluding hydrogens is 322 g/mol. The number of hydrogen-bond acceptors (Lipinski definition) is 2. The Bertz CT molecular complexity index is 832. The van der Waals surface area contributed by atoms with Crippen molar-refractivity contribution < 1.29 is 9.63 Å². The summed E-state index contributed by atoms with van der Waals surface area (Å²) in [7, 11) is 0. The molecule has 0 radical (unpaired) electrons. The van der Waals surface area contributed by atoms with Crippen LogP contribution in [0, 0.1) is 0 Å². The van der Waals surface area contributed by atoms with Crippen molar-refractivity contribution in [1.29, 1.82) is 0 Å². The maximum Gasteiger partial charge on any atom is 0.277 e. The molecule has 0 N–H and O–H groups in total. The lowest BCUT2D eigenvalue weighted by atomic mass is 10.1. The van der Waals surface area contributed by atoms with E-state index < -0.39 is 6.10 Å². The third kappa shape index (κ3) is 4.47. The summed E-state index contributed by atoms with van der Waals surface area (Å²) in [5.74, 6) is -0.183. The lowest BCUT2D eigenvalue weighted by Crippen LogP contribution is -2.32. The summed E-state index contributed by atoms with van der Waals surface area (Å²) in [6.45, 7) is 4.22. The number of hydrogen-bond donors (Lipinski definition) is 0. The fourth-order valence-corrected chi connectivity index (χ4v) is 2.65. The van der Waals surface area contributed by atoms with Crippen LogP contribution in [0.1, 0.15) is 27.6 Å². The molecule has 0 saturated carbocycles. The van der Waals surface area contributed by atoms with Gasteiger partial charge in [0, 0.05) is 5.56 Å². The van der Waals surface area contributed by atoms with E-state index in [1.54, 1.807) is 18.2 Å². The molecular formula is C23H21NO2. The van der Waals surface area contributed by atoms with E-state index in [0.29, 0.717) is 12.1 Å². The molecule has 3 heteroatoms. The van der Waals surface area contributed by atoms with Crippen molar-refractivity contribution in [1.82, 2.24) is 5.06 Å². The molecule has 3 aromatic rings. The van der Waals surface area contributed by atoms with Crippen LogP contribution in [0.2, 0.25) is 0 Å². The van der Waals surface area contributed by atoms with Gasteiger partial charge in [0.15, 0.2) is 0 Å². The number of rotatable bonds is 7. The molecule has 0 aliphatic carbocycles. The third-order valence-electron chi connectivity index (χ3n) is 4.00. The topological polar surface area (TPSA) is 29.5 Å². The van der Waals surface area contributed by atoms with Crippen LogP contribution in [0.15, 0.2) is 104 Å². The van der Waals surface area contributed by atoms with Crippen molar-refractivity contribution >= 4 is 5.91 Å². The van der Waals surface area contributed by atoms with E-state index in [1.807, 2.05) is 78.9 Å². The van der Waals surface area contributed by atoms with E-state index in [1.165, 1.54) is 5.06 Å². The number of carbonyl (C=O) groups excluding carboxylic acids is 1. The Morgan fingerprint density at radius 3 is 2.00 bits per heavy atom. The van der Waals surface area contributed by atoms with Crippen LogP contribution in [-0.4, -0.2) is 11.0 Å². The monoisotopic (exact) mass is 343 g/mol. The highest BCUT2D eigenvalue weighted by molar-refractivity contribution is 5.93. The van der Waals surface area contributed by atoms with Gasteiger partial charge in [0.05, 0.1) is 6.54 Å². The Morgan fingerprint density at radius 2 is 1.42 bits per heavy atom. The Kier molecular flexibility index (Phi) is 5.96. The molecule has 26 heavy (non-hydrogen) atoms. The number of hydroxylamine groups is 2. The zero-order valence-electron chi connectivity index (χ0n) is 14.5. The largest absolute Gasteiger partial charge is 0.277 e. The molecule has 130 valence electrons. The van der Waals surface area contributed by atoms with Crippen molar-refractivity contribution in [2.45, 2.75) is 12.6 Å². The van der Waals surface area contributed by atoms with Gasteiger partial charge in [0.2, 0.25) is 0 Å². The maximum atomic E-state index is 13.0. The first kappa shape index (κ1) is 17.6. The summed E-state index contributed by atoms with van der Waals surface area (Å²) < 4.78 is 0. The average Bonchev–Trinajstić information content (AvgIpc) is 2.72. The van der Waals surface area contributed by atoms with Gasteiger partial charge < -0.3 is 0 Å². The van der Waals surface area contributed by atoms with Gasteiger partial charge in [-0.3, -0.25) is 9.63 Å². The van der Waals surface area contributed by atoms with Gasteiger partial charge in [-0.05, 0) is 23.3 Å². The highest BCUT2D eigenvalue weighted by Crippen LogP contribution is 2.22. The Balaban J connectivity index is 1.87. The molecule has 0 spiro atoms. The molecule has 0 bridgehead atoms. The first-order valence-corrected chi connectivity index (χ1v) is 8.53. The van der Waals surface area contributed by atoms with Crippen molar-refractivity contribution in [3.8, 4) is 0 Å². The predicted octanol–water partition coefficient (Wildman–Crippen LogP) is 5.19. The van der Waals surface area contributed by atoms with Gasteiger partial charge in [-0.1, -0.05) is 84.9 Å². The van der Waals surface area contributed by atoms with Crippen molar-refractivity contribution in [2.75, 3.05) is 0 Å². The highest BCUT2D eigenvalue weighted by Gasteiger charge is 2.21. The molecule has 3 rings (SSSR count). The molecule has 0 aliphatic rings. The number of benzene rings is 3. The zero-order chi connectivity index (χ0) is 18.2. The summed E-state index contributed by atoms with van der Waals surface area (Å²) in [6.07, 6.45) is 1.29. The first-order valence-electron chi connectivity index (χ1n) is 8.53. The molecule has 1 atom stereocenters. The third-order valence-corrected chi connectivity index (χ3v) is 4.00. The van der Waals surface area contributed by atoms with Crippen LogP contribution < -0.4 is 0 Å². The standard InChI is InChI=1S/C23H21NO2/c1-2-22(20-14-8-4-9-15-20)26-24(18-19-12-6-3-7-13-19)23(25)21-16-10-5-11-17-21/h2-17,22H,1,18H2/t22-/m1/s1. The van der Waals surface area contributed by atoms with Crippen LogP contribution >= 0.6 is 0 Å². The summed E-state index contributed by atoms with van der Waals surface area (Å²) >= 11 is 0. The molecule has 0 aliphatic heterocycles. The van der Waals surface area contributed by atoms with E-state index >= 15 is 0 Å². The zero-order valence-corrected chi connectivity index (χ0v) is 14.5. The van der Waals surface area contributed by atoms with Crippen LogP contribution in [0.3, 0.4) is 0 Å². The van der Waals surface area contributed by atoms with Gasteiger partial charge in [-0.15, -0.1) is 6.58 Å². The predicted molar refractivity (Wildman–Crippen MR) is 103 cm³/mol. The molecule has 0 heterocycles. The van der Waals surface area contributed by atoms with E-state index in [4.69, 9.17) is 4.84 Å². The minimum Gasteiger partial charge on any atom is -0.267 e. The Hall–Kier alpha value is -3.17. The van der Waals surface area contributed by atoms with E-state index in [-0.39, 0.29) is 5.91 Å². The fourth-order valence-electron chi connectivity index (χ4n) is 2.65. The van der Waals surface area contributed by atoms with E-state index in [0.717, 1.165) is 11.1 Å². The summed E-state index contributed by atoms with van der Waals surface area (Å²) in [4.78, 5) is 19.1. The summed E-state index contributed by atoms with van der Waals surface area (Å²) in [5, 5.41) is 1.41. The number of carbonyl (C=O) groups is 1. The van der Waals surface area contributed by atoms with Crippen LogP contribution in [0.5, 0.6) is 0 Å². The van der Waals surface area contributed by atoms with Gasteiger partial charge in [-0.2, -0.15) is 0 Å². The second-order valence-corrected chi connectivity index (χ2v) is 5.87. The molecule has 3 nitrogen and oxygen atoms in total. The Labute approximate surface area is 154 Å². The van der Waals surface area contributed by atoms with E-state index in [2.05, 4.69) is 6.58 Å². The maximum absolute atomic E-state index is 13.0. The molecule has 0 aromatic heterocycles. The Morgan fingerprint density at radius 1 is 0.885 bits per heavy atom. The van der Waals surface area contributed by atoms with Crippen LogP contribution in [0.4, 0.5) is 0 Å². The summed E-state index contributed by atoms with van der Waals surface area (Å²) in [5.41, 5.74) is 2.52. The van der Waals surface area contributed by atoms with E-state index in [9.17, 15) is 4.79 Å². The molecule has 0 unspecified atom stereocenters. The van der Waals surface area contributed by atoms with Gasteiger partial charge in [0.1, 0.15) is 6.10 Å². The molecule has 0 fully saturated rings. The highest BCUT2D eigenvalue weighted by atomic mass is 16.7. The quantitative estimate of drug-likeness (QED) is 0.436. The van der Waals surface area contributed by atoms with Crippen LogP contribution in [-0.2, 0) is 11.4 Å². The molecule has 0 saturated heterocycles. The average molecular weight is 343 g/mol. The normalized spacial score (nSPS) is 11.5. The van der Waals surface area contributed by atoms with Gasteiger partial charge in [0.25, 0.3) is 5.91 Å². The fraction of sp³-hybridized carbons (Fsp3) is 0.0870. The molecule has 1 amide bonds. The lowest BCUT2D eigenvalue weighted by molar-refractivity contribution is -0.157. The first-order chi connectivity index (χ1) is 12.8. The van der Waals surface area contributed by atoms with Crippen molar-refractivity contribution in [2.24, 2.45) is 0 Å². The second kappa shape index (κ2) is 8.79. The summed E-state index contributed by atoms with van der Waals surface area (Å²) in [6, 6.07) is 28.7. The van der Waals surface area contributed by atoms with Gasteiger partial charge in [-0.25, -0.2) is 5.06 Å². The molecule has 3 aromatic carbocycles.